The third-order valence-corrected chi connectivity index (χ3v) is 2.51. The summed E-state index contributed by atoms with van der Waals surface area (Å²) in [5, 5.41) is 0. The van der Waals surface area contributed by atoms with Gasteiger partial charge in [0.25, 0.3) is 0 Å². The summed E-state index contributed by atoms with van der Waals surface area (Å²) in [5.41, 5.74) is 2.74. The van der Waals surface area contributed by atoms with Crippen LogP contribution in [0.4, 0.5) is 0 Å². The summed E-state index contributed by atoms with van der Waals surface area (Å²) < 4.78 is 0. The predicted octanol–water partition coefficient (Wildman–Crippen LogP) is 7.20. The van der Waals surface area contributed by atoms with Gasteiger partial charge in [0.15, 0.2) is 0 Å². The second-order valence-corrected chi connectivity index (χ2v) is 3.97. The minimum atomic E-state index is 0. The van der Waals surface area contributed by atoms with Crippen LogP contribution < -0.4 is 0 Å². The van der Waals surface area contributed by atoms with Gasteiger partial charge in [-0.15, -0.1) is 0 Å². The summed E-state index contributed by atoms with van der Waals surface area (Å²) in [6.45, 7) is 14.0. The molecule has 0 spiro atoms. The summed E-state index contributed by atoms with van der Waals surface area (Å²) in [7, 11) is 0. The van der Waals surface area contributed by atoms with Crippen molar-refractivity contribution in [3.8, 4) is 0 Å². The quantitative estimate of drug-likeness (QED) is 0.341. The van der Waals surface area contributed by atoms with Gasteiger partial charge in [-0.25, -0.2) is 0 Å². The molecule has 135 valence electrons. The summed E-state index contributed by atoms with van der Waals surface area (Å²) in [6.07, 6.45) is 3.34. The van der Waals surface area contributed by atoms with E-state index in [0.717, 1.165) is 6.42 Å². The van der Waals surface area contributed by atoms with E-state index in [1.54, 1.807) is 0 Å². The molecule has 0 fully saturated rings. The molecule has 0 nitrogen and oxygen atoms in total. The molecule has 0 bridgehead atoms. The Kier molecular flexibility index (Phi) is 45.7. The third kappa shape index (κ3) is 22.2. The minimum absolute atomic E-state index is 0. The van der Waals surface area contributed by atoms with E-state index < -0.39 is 0 Å². The van der Waals surface area contributed by atoms with Crippen LogP contribution in [0, 0.1) is 14.4 Å². The van der Waals surface area contributed by atoms with Crippen LogP contribution in [0.2, 0.25) is 0 Å². The van der Waals surface area contributed by atoms with E-state index in [1.165, 1.54) is 24.0 Å². The van der Waals surface area contributed by atoms with E-state index >= 15 is 0 Å². The van der Waals surface area contributed by atoms with Crippen molar-refractivity contribution in [2.75, 3.05) is 0 Å². The van der Waals surface area contributed by atoms with Crippen molar-refractivity contribution >= 4 is 0 Å². The van der Waals surface area contributed by atoms with Gasteiger partial charge in [0.1, 0.15) is 0 Å². The number of hydrogen-bond acceptors (Lipinski definition) is 0. The number of hydrogen-bond donors (Lipinski definition) is 0. The second kappa shape index (κ2) is 31.0. The molecular formula is C22H36WY-2. The molecule has 0 N–H and O–H groups in total. The molecule has 24 heavy (non-hydrogen) atoms. The number of benzene rings is 2. The fourth-order valence-corrected chi connectivity index (χ4v) is 1.58. The van der Waals surface area contributed by atoms with E-state index in [9.17, 15) is 0 Å². The normalized spacial score (nSPS) is 7.08. The first-order valence-electron chi connectivity index (χ1n) is 8.24. The molecule has 0 saturated carbocycles. The summed E-state index contributed by atoms with van der Waals surface area (Å²) >= 11 is 0. The van der Waals surface area contributed by atoms with Crippen LogP contribution in [0.5, 0.6) is 0 Å². The first-order valence-corrected chi connectivity index (χ1v) is 8.24. The molecule has 0 unspecified atom stereocenters. The maximum Gasteiger partial charge on any atom is 0 e. The molecule has 0 atom stereocenters. The van der Waals surface area contributed by atoms with Crippen LogP contribution in [-0.4, -0.2) is 0 Å². The monoisotopic (exact) mass is 573 g/mol. The molecule has 0 aliphatic heterocycles. The summed E-state index contributed by atoms with van der Waals surface area (Å²) in [6, 6.07) is 20.8. The van der Waals surface area contributed by atoms with Crippen molar-refractivity contribution in [2.45, 2.75) is 53.9 Å². The molecule has 0 aliphatic rings. The third-order valence-electron chi connectivity index (χ3n) is 2.51. The Hall–Kier alpha value is 0.232. The van der Waals surface area contributed by atoms with Crippen LogP contribution in [-0.2, 0) is 66.6 Å². The van der Waals surface area contributed by atoms with Crippen LogP contribution in [0.25, 0.3) is 0 Å². The van der Waals surface area contributed by atoms with Crippen molar-refractivity contribution in [2.24, 2.45) is 0 Å². The molecule has 2 rings (SSSR count). The van der Waals surface area contributed by atoms with E-state index in [2.05, 4.69) is 56.3 Å². The van der Waals surface area contributed by atoms with Crippen molar-refractivity contribution in [1.29, 1.82) is 0 Å². The average molecular weight is 573 g/mol. The van der Waals surface area contributed by atoms with Crippen LogP contribution in [0.15, 0.2) is 60.7 Å². The fourth-order valence-electron chi connectivity index (χ4n) is 1.58. The van der Waals surface area contributed by atoms with Crippen molar-refractivity contribution in [3.05, 3.63) is 86.1 Å². The first-order chi connectivity index (χ1) is 10.4. The number of aryl methyl sites for hydroxylation is 1. The predicted molar refractivity (Wildman–Crippen MR) is 105 cm³/mol. The molecule has 0 saturated heterocycles. The first kappa shape index (κ1) is 35.4. The van der Waals surface area contributed by atoms with Gasteiger partial charge in [-0.1, -0.05) is 107 Å². The van der Waals surface area contributed by atoms with E-state index in [1.807, 2.05) is 45.9 Å². The van der Waals surface area contributed by atoms with Crippen molar-refractivity contribution < 1.29 is 53.8 Å². The Morgan fingerprint density at radius 2 is 1.04 bits per heavy atom. The van der Waals surface area contributed by atoms with Crippen molar-refractivity contribution in [3.63, 3.8) is 0 Å². The summed E-state index contributed by atoms with van der Waals surface area (Å²) in [5.74, 6) is 0. The fraction of sp³-hybridized carbons (Fsp3) is 0.364. The molecule has 2 heteroatoms. The zero-order valence-corrected chi connectivity index (χ0v) is 22.4. The van der Waals surface area contributed by atoms with Gasteiger partial charge in [-0.3, -0.25) is 0 Å². The van der Waals surface area contributed by atoms with E-state index in [-0.39, 0.29) is 61.2 Å². The SMILES string of the molecule is CC.CC.CCCc1ccccc1.[CH2-]Cc1ccccc1.[CH3-].[W].[Y]. The van der Waals surface area contributed by atoms with Crippen molar-refractivity contribution in [1.82, 2.24) is 0 Å². The Labute approximate surface area is 192 Å². The van der Waals surface area contributed by atoms with Gasteiger partial charge < -0.3 is 14.4 Å². The topological polar surface area (TPSA) is 0 Å². The van der Waals surface area contributed by atoms with Gasteiger partial charge in [0, 0.05) is 53.8 Å². The Morgan fingerprint density at radius 3 is 1.29 bits per heavy atom. The standard InChI is InChI=1S/C9H12.C8H9.2C2H6.CH3.W.Y/c1-2-6-9-7-4-3-5-8-9;1-2-8-6-4-3-5-7-8;2*1-2;;;/h3-5,7-8H,2,6H2,1H3;3-7H,1-2H2;2*1-2H3;1H3;;/q;-1;;;-1;;. The van der Waals surface area contributed by atoms with Crippen LogP contribution in [0.1, 0.15) is 52.2 Å². The van der Waals surface area contributed by atoms with Gasteiger partial charge in [-0.05, 0) is 12.0 Å². The van der Waals surface area contributed by atoms with E-state index in [4.69, 9.17) is 0 Å². The van der Waals surface area contributed by atoms with Gasteiger partial charge >= 0.3 is 0 Å². The van der Waals surface area contributed by atoms with Crippen LogP contribution >= 0.6 is 0 Å². The Morgan fingerprint density at radius 1 is 0.708 bits per heavy atom. The molecule has 0 heterocycles. The smallest absolute Gasteiger partial charge is 0 e. The van der Waals surface area contributed by atoms with E-state index in [0.29, 0.717) is 0 Å². The molecule has 0 amide bonds. The largest absolute Gasteiger partial charge is 0.358 e. The van der Waals surface area contributed by atoms with Gasteiger partial charge in [0.05, 0.1) is 0 Å². The molecule has 2 aromatic rings. The zero-order chi connectivity index (χ0) is 16.3. The molecular weight excluding hydrogens is 537 g/mol. The molecule has 0 aliphatic carbocycles. The zero-order valence-electron chi connectivity index (χ0n) is 16.6. The molecule has 2 aromatic carbocycles. The second-order valence-electron chi connectivity index (χ2n) is 3.97. The maximum absolute atomic E-state index is 3.76. The Bertz CT molecular complexity index is 387. The van der Waals surface area contributed by atoms with Gasteiger partial charge in [-0.2, -0.15) is 6.42 Å². The maximum atomic E-state index is 3.76. The molecule has 0 aromatic heterocycles. The molecule has 1 radical (unpaired) electrons. The summed E-state index contributed by atoms with van der Waals surface area (Å²) in [4.78, 5) is 0. The van der Waals surface area contributed by atoms with Crippen LogP contribution in [0.3, 0.4) is 0 Å². The number of rotatable bonds is 3. The minimum Gasteiger partial charge on any atom is -0.358 e. The van der Waals surface area contributed by atoms with Gasteiger partial charge in [0.2, 0.25) is 0 Å². The Balaban J connectivity index is -0.0000000754. The average Bonchev–Trinajstić information content (AvgIpc) is 2.61.